The summed E-state index contributed by atoms with van der Waals surface area (Å²) in [6.45, 7) is 9.24. The zero-order valence-corrected chi connectivity index (χ0v) is 18.3. The number of hydrogen-bond acceptors (Lipinski definition) is 6. The summed E-state index contributed by atoms with van der Waals surface area (Å²) < 4.78 is 16.8. The van der Waals surface area contributed by atoms with Crippen LogP contribution in [0.1, 0.15) is 66.7 Å². The monoisotopic (exact) mass is 404 g/mol. The molecule has 0 bridgehead atoms. The molecule has 0 radical (unpaired) electrons. The zero-order valence-electron chi connectivity index (χ0n) is 18.3. The minimum atomic E-state index is -0.496. The second-order valence-electron chi connectivity index (χ2n) is 9.19. The van der Waals surface area contributed by atoms with Crippen LogP contribution in [0.2, 0.25) is 0 Å². The lowest BCUT2D eigenvalue weighted by Gasteiger charge is -2.48. The maximum atomic E-state index is 13.1. The van der Waals surface area contributed by atoms with Crippen LogP contribution in [-0.2, 0) is 28.6 Å². The number of carbonyl (C=O) groups excluding carboxylic acids is 3. The number of fused-ring (bicyclic) bond motifs is 3. The Hall–Kier alpha value is -1.95. The Morgan fingerprint density at radius 3 is 2.55 bits per heavy atom. The van der Waals surface area contributed by atoms with Gasteiger partial charge in [0.25, 0.3) is 0 Å². The number of allylic oxidation sites excluding steroid dienone is 3. The Morgan fingerprint density at radius 2 is 1.93 bits per heavy atom. The maximum Gasteiger partial charge on any atom is 0.333 e. The fraction of sp³-hybridized carbons (Fsp3) is 0.696. The second kappa shape index (κ2) is 7.71. The predicted molar refractivity (Wildman–Crippen MR) is 107 cm³/mol. The third kappa shape index (κ3) is 3.91. The average Bonchev–Trinajstić information content (AvgIpc) is 3.30. The minimum Gasteiger partial charge on any atom is -0.466 e. The van der Waals surface area contributed by atoms with Crippen LogP contribution in [0.15, 0.2) is 22.8 Å². The van der Waals surface area contributed by atoms with Gasteiger partial charge in [-0.25, -0.2) is 4.79 Å². The highest BCUT2D eigenvalue weighted by molar-refractivity contribution is 6.09. The van der Waals surface area contributed by atoms with Gasteiger partial charge in [-0.15, -0.1) is 0 Å². The number of esters is 2. The smallest absolute Gasteiger partial charge is 0.333 e. The van der Waals surface area contributed by atoms with Crippen molar-refractivity contribution in [2.24, 2.45) is 11.3 Å². The Morgan fingerprint density at radius 1 is 1.24 bits per heavy atom. The number of ether oxygens (including phenoxy) is 3. The van der Waals surface area contributed by atoms with Gasteiger partial charge in [0.1, 0.15) is 6.10 Å². The maximum absolute atomic E-state index is 13.1. The van der Waals surface area contributed by atoms with E-state index in [1.807, 2.05) is 6.92 Å². The van der Waals surface area contributed by atoms with E-state index in [1.54, 1.807) is 13.0 Å². The topological polar surface area (TPSA) is 82.2 Å². The van der Waals surface area contributed by atoms with Crippen molar-refractivity contribution in [2.75, 3.05) is 7.11 Å². The number of methoxy groups -OCH3 is 1. The molecule has 0 spiro atoms. The van der Waals surface area contributed by atoms with Crippen molar-refractivity contribution in [3.05, 3.63) is 22.8 Å². The standard InChI is InChI=1S/C23H32O6/c1-13-8-7-9-22(4)18(11-16(17(25)10-13)14(2)21(26)27-6)23(5)20(29-23)12-19(22)28-15(3)24/h10,18-20H,7-9,11-12H2,1-6H3/b13-10-,16-14-/t18-,19+,20+,22-,23-/m1/s1. The first-order valence-corrected chi connectivity index (χ1v) is 10.4. The SMILES string of the molecule is COC(=O)/C(C)=C1/C[C@@H]2[C@@](C)(CCC/C(C)=C\C1=O)[C@@H](OC(C)=O)C[C@@H]1O[C@@]12C. The van der Waals surface area contributed by atoms with Gasteiger partial charge in [-0.05, 0) is 52.5 Å². The molecule has 0 aromatic rings. The molecule has 5 atom stereocenters. The summed E-state index contributed by atoms with van der Waals surface area (Å²) in [6, 6.07) is 0. The molecule has 2 fully saturated rings. The van der Waals surface area contributed by atoms with E-state index >= 15 is 0 Å². The van der Waals surface area contributed by atoms with Crippen LogP contribution in [0.25, 0.3) is 0 Å². The molecule has 1 saturated heterocycles. The molecule has 0 N–H and O–H groups in total. The molecule has 6 heteroatoms. The van der Waals surface area contributed by atoms with Gasteiger partial charge in [-0.3, -0.25) is 9.59 Å². The van der Waals surface area contributed by atoms with Gasteiger partial charge < -0.3 is 14.2 Å². The summed E-state index contributed by atoms with van der Waals surface area (Å²) in [5, 5.41) is 0. The van der Waals surface area contributed by atoms with Crippen molar-refractivity contribution >= 4 is 17.7 Å². The quantitative estimate of drug-likeness (QED) is 0.397. The van der Waals surface area contributed by atoms with Crippen LogP contribution >= 0.6 is 0 Å². The van der Waals surface area contributed by atoms with Crippen molar-refractivity contribution in [2.45, 2.75) is 84.5 Å². The van der Waals surface area contributed by atoms with Crippen LogP contribution in [-0.4, -0.2) is 42.6 Å². The molecule has 0 unspecified atom stereocenters. The molecule has 1 aliphatic heterocycles. The van der Waals surface area contributed by atoms with Gasteiger partial charge in [0.05, 0.1) is 18.8 Å². The Balaban J connectivity index is 2.11. The second-order valence-corrected chi connectivity index (χ2v) is 9.19. The molecule has 6 nitrogen and oxygen atoms in total. The largest absolute Gasteiger partial charge is 0.466 e. The molecule has 1 saturated carbocycles. The molecule has 29 heavy (non-hydrogen) atoms. The summed E-state index contributed by atoms with van der Waals surface area (Å²) in [4.78, 5) is 37.2. The van der Waals surface area contributed by atoms with Gasteiger partial charge in [0, 0.05) is 35.8 Å². The van der Waals surface area contributed by atoms with Gasteiger partial charge >= 0.3 is 11.9 Å². The van der Waals surface area contributed by atoms with Crippen LogP contribution in [0.5, 0.6) is 0 Å². The highest BCUT2D eigenvalue weighted by atomic mass is 16.6. The lowest BCUT2D eigenvalue weighted by atomic mass is 9.57. The van der Waals surface area contributed by atoms with Crippen molar-refractivity contribution in [1.82, 2.24) is 0 Å². The number of ketones is 1. The lowest BCUT2D eigenvalue weighted by Crippen LogP contribution is -2.52. The van der Waals surface area contributed by atoms with Crippen molar-refractivity contribution in [3.8, 4) is 0 Å². The van der Waals surface area contributed by atoms with E-state index in [0.717, 1.165) is 24.8 Å². The summed E-state index contributed by atoms with van der Waals surface area (Å²) >= 11 is 0. The Kier molecular flexibility index (Phi) is 5.78. The molecule has 0 amide bonds. The van der Waals surface area contributed by atoms with E-state index in [2.05, 4.69) is 13.8 Å². The number of carbonyl (C=O) groups is 3. The summed E-state index contributed by atoms with van der Waals surface area (Å²) in [5.74, 6) is -0.998. The van der Waals surface area contributed by atoms with Crippen LogP contribution in [0.3, 0.4) is 0 Å². The van der Waals surface area contributed by atoms with E-state index in [1.165, 1.54) is 14.0 Å². The van der Waals surface area contributed by atoms with E-state index < -0.39 is 5.97 Å². The normalized spacial score (nSPS) is 40.6. The Labute approximate surface area is 172 Å². The van der Waals surface area contributed by atoms with Crippen molar-refractivity contribution < 1.29 is 28.6 Å². The molecular weight excluding hydrogens is 372 g/mol. The molecule has 0 aromatic heterocycles. The van der Waals surface area contributed by atoms with Crippen molar-refractivity contribution in [1.29, 1.82) is 0 Å². The molecule has 160 valence electrons. The number of hydrogen-bond donors (Lipinski definition) is 0. The van der Waals surface area contributed by atoms with Crippen LogP contribution < -0.4 is 0 Å². The third-order valence-electron chi connectivity index (χ3n) is 7.25. The fourth-order valence-electron chi connectivity index (χ4n) is 5.41. The first kappa shape index (κ1) is 21.8. The molecule has 3 rings (SSSR count). The number of rotatable bonds is 2. The molecule has 1 heterocycles. The highest BCUT2D eigenvalue weighted by Gasteiger charge is 2.68. The zero-order chi connectivity index (χ0) is 21.6. The van der Waals surface area contributed by atoms with E-state index in [9.17, 15) is 14.4 Å². The van der Waals surface area contributed by atoms with E-state index in [0.29, 0.717) is 24.0 Å². The van der Waals surface area contributed by atoms with Gasteiger partial charge in [-0.1, -0.05) is 12.5 Å². The first-order chi connectivity index (χ1) is 13.5. The lowest BCUT2D eigenvalue weighted by molar-refractivity contribution is -0.161. The molecule has 3 aliphatic rings. The van der Waals surface area contributed by atoms with E-state index in [-0.39, 0.29) is 40.9 Å². The van der Waals surface area contributed by atoms with Gasteiger partial charge in [-0.2, -0.15) is 0 Å². The third-order valence-corrected chi connectivity index (χ3v) is 7.25. The van der Waals surface area contributed by atoms with Crippen molar-refractivity contribution in [3.63, 3.8) is 0 Å². The first-order valence-electron chi connectivity index (χ1n) is 10.4. The summed E-state index contributed by atoms with van der Waals surface area (Å²) in [7, 11) is 1.32. The molecule has 2 aliphatic carbocycles. The minimum absolute atomic E-state index is 0.0000661. The van der Waals surface area contributed by atoms with Gasteiger partial charge in [0.2, 0.25) is 0 Å². The number of epoxide rings is 1. The molecular formula is C23H32O6. The summed E-state index contributed by atoms with van der Waals surface area (Å²) in [5.41, 5.74) is 1.05. The molecule has 0 aromatic carbocycles. The Bertz CT molecular complexity index is 793. The van der Waals surface area contributed by atoms with Crippen LogP contribution in [0.4, 0.5) is 0 Å². The van der Waals surface area contributed by atoms with E-state index in [4.69, 9.17) is 14.2 Å². The van der Waals surface area contributed by atoms with Crippen LogP contribution in [0, 0.1) is 11.3 Å². The fourth-order valence-corrected chi connectivity index (χ4v) is 5.41. The average molecular weight is 405 g/mol. The highest BCUT2D eigenvalue weighted by Crippen LogP contribution is 2.62. The summed E-state index contributed by atoms with van der Waals surface area (Å²) in [6.07, 6.45) is 4.97. The van der Waals surface area contributed by atoms with Gasteiger partial charge in [0.15, 0.2) is 5.78 Å². The predicted octanol–water partition coefficient (Wildman–Crippen LogP) is 3.68.